The molecule has 0 spiro atoms. The number of amides is 2. The summed E-state index contributed by atoms with van der Waals surface area (Å²) in [6, 6.07) is 19.1. The molecule has 2 aromatic heterocycles. The number of halogens is 1. The molecule has 3 heterocycles. The highest BCUT2D eigenvalue weighted by molar-refractivity contribution is 7.94. The number of alkyl halides is 1. The largest absolute Gasteiger partial charge is 0.459 e. The summed E-state index contributed by atoms with van der Waals surface area (Å²) in [6.07, 6.45) is 5.43. The number of furan rings is 1. The third kappa shape index (κ3) is 8.07. The van der Waals surface area contributed by atoms with Crippen molar-refractivity contribution < 1.29 is 22.6 Å². The quantitative estimate of drug-likeness (QED) is 0.240. The molecular formula is C34H33FN4O4S. The van der Waals surface area contributed by atoms with Crippen LogP contribution >= 0.6 is 0 Å². The minimum atomic E-state index is -3.08. The van der Waals surface area contributed by atoms with Crippen LogP contribution in [0.3, 0.4) is 0 Å². The molecule has 0 bridgehead atoms. The molecule has 226 valence electrons. The van der Waals surface area contributed by atoms with Gasteiger partial charge in [0.2, 0.25) is 0 Å². The van der Waals surface area contributed by atoms with Crippen LogP contribution < -0.4 is 5.32 Å². The normalized spacial score (nSPS) is 16.3. The molecule has 1 aliphatic heterocycles. The second-order valence-electron chi connectivity index (χ2n) is 10.6. The first kappa shape index (κ1) is 30.9. The van der Waals surface area contributed by atoms with Crippen molar-refractivity contribution >= 4 is 27.2 Å². The molecule has 44 heavy (non-hydrogen) atoms. The van der Waals surface area contributed by atoms with Gasteiger partial charge in [0.25, 0.3) is 11.8 Å². The van der Waals surface area contributed by atoms with Gasteiger partial charge >= 0.3 is 0 Å². The Kier molecular flexibility index (Phi) is 10.00. The Bertz CT molecular complexity index is 1820. The highest BCUT2D eigenvalue weighted by Crippen LogP contribution is 2.19. The van der Waals surface area contributed by atoms with Gasteiger partial charge in [0.1, 0.15) is 6.17 Å². The van der Waals surface area contributed by atoms with Gasteiger partial charge in [-0.3, -0.25) is 14.6 Å². The van der Waals surface area contributed by atoms with Gasteiger partial charge in [0.05, 0.1) is 21.6 Å². The predicted octanol–water partition coefficient (Wildman–Crippen LogP) is 6.13. The first-order valence-corrected chi connectivity index (χ1v) is 16.1. The van der Waals surface area contributed by atoms with E-state index in [1.54, 1.807) is 67.6 Å². The number of benzene rings is 2. The smallest absolute Gasteiger partial charge is 0.291 e. The lowest BCUT2D eigenvalue weighted by atomic mass is 10.1. The van der Waals surface area contributed by atoms with Crippen molar-refractivity contribution in [3.63, 3.8) is 0 Å². The number of aromatic nitrogens is 1. The number of carbonyl (C=O) groups excluding carboxylic acids is 2. The van der Waals surface area contributed by atoms with E-state index in [0.29, 0.717) is 47.6 Å². The summed E-state index contributed by atoms with van der Waals surface area (Å²) in [6.45, 7) is 3.58. The number of nitrogens with zero attached hydrogens (tertiary/aromatic N) is 3. The van der Waals surface area contributed by atoms with Crippen molar-refractivity contribution in [1.29, 1.82) is 0 Å². The number of piperidine rings is 1. The number of hydrogen-bond donors (Lipinski definition) is 1. The van der Waals surface area contributed by atoms with Gasteiger partial charge in [-0.25, -0.2) is 8.60 Å². The predicted molar refractivity (Wildman–Crippen MR) is 168 cm³/mol. The molecule has 10 heteroatoms. The van der Waals surface area contributed by atoms with E-state index < -0.39 is 21.8 Å². The number of rotatable bonds is 8. The van der Waals surface area contributed by atoms with E-state index in [1.165, 1.54) is 18.7 Å². The summed E-state index contributed by atoms with van der Waals surface area (Å²) in [5.41, 5.74) is 2.58. The molecule has 4 aromatic rings. The first-order chi connectivity index (χ1) is 21.3. The minimum Gasteiger partial charge on any atom is -0.459 e. The lowest BCUT2D eigenvalue weighted by Gasteiger charge is -2.28. The Balaban J connectivity index is 1.31. The zero-order valence-electron chi connectivity index (χ0n) is 24.4. The maximum Gasteiger partial charge on any atom is 0.291 e. The topological polar surface area (TPSA) is 105 Å². The van der Waals surface area contributed by atoms with Crippen LogP contribution in [-0.4, -0.2) is 57.5 Å². The molecule has 8 nitrogen and oxygen atoms in total. The molecule has 2 atom stereocenters. The summed E-state index contributed by atoms with van der Waals surface area (Å²) in [4.78, 5) is 32.5. The molecule has 1 saturated heterocycles. The van der Waals surface area contributed by atoms with Gasteiger partial charge in [0, 0.05) is 52.0 Å². The monoisotopic (exact) mass is 612 g/mol. The average Bonchev–Trinajstić information content (AvgIpc) is 3.47. The summed E-state index contributed by atoms with van der Waals surface area (Å²) >= 11 is 0. The van der Waals surface area contributed by atoms with Gasteiger partial charge in [-0.2, -0.15) is 4.36 Å². The fourth-order valence-electron chi connectivity index (χ4n) is 4.96. The van der Waals surface area contributed by atoms with Crippen LogP contribution in [0.25, 0.3) is 0 Å². The molecule has 1 unspecified atom stereocenters. The van der Waals surface area contributed by atoms with E-state index >= 15 is 0 Å². The standard InChI is InChI=1S/C34H33FN4O4S/c1-25-15-18-43-32(25)34(41)37-30-10-5-8-26(21-30)13-14-27-20-28(23-36-22-27)33(40)38-44(42,31-11-3-2-4-12-31)19-7-17-39-16-6-9-29(35)24-39/h2-5,8,10-12,15,18,20-23,29H,6-7,9,16-17,19,24H2,1H3,(H,37,41)/t29?,44-/m0/s1. The van der Waals surface area contributed by atoms with Gasteiger partial charge in [-0.15, -0.1) is 0 Å². The van der Waals surface area contributed by atoms with E-state index in [0.717, 1.165) is 18.5 Å². The maximum atomic E-state index is 14.1. The summed E-state index contributed by atoms with van der Waals surface area (Å²) in [7, 11) is -3.08. The molecule has 1 aliphatic rings. The number of pyridine rings is 1. The molecule has 0 saturated carbocycles. The first-order valence-electron chi connectivity index (χ1n) is 14.4. The Morgan fingerprint density at radius 1 is 1.09 bits per heavy atom. The molecule has 0 aliphatic carbocycles. The van der Waals surface area contributed by atoms with Crippen molar-refractivity contribution in [1.82, 2.24) is 9.88 Å². The van der Waals surface area contributed by atoms with Crippen molar-refractivity contribution in [2.24, 2.45) is 4.36 Å². The Morgan fingerprint density at radius 3 is 2.68 bits per heavy atom. The van der Waals surface area contributed by atoms with Crippen molar-refractivity contribution in [3.05, 3.63) is 113 Å². The average molecular weight is 613 g/mol. The van der Waals surface area contributed by atoms with Gasteiger partial charge in [0.15, 0.2) is 5.76 Å². The maximum absolute atomic E-state index is 14.1. The van der Waals surface area contributed by atoms with E-state index in [2.05, 4.69) is 26.5 Å². The van der Waals surface area contributed by atoms with E-state index in [9.17, 15) is 18.2 Å². The highest BCUT2D eigenvalue weighted by Gasteiger charge is 2.21. The third-order valence-electron chi connectivity index (χ3n) is 7.21. The number of hydrogen-bond acceptors (Lipinski definition) is 6. The fraction of sp³-hybridized carbons (Fsp3) is 0.265. The van der Waals surface area contributed by atoms with Crippen LogP contribution in [0, 0.1) is 18.8 Å². The van der Waals surface area contributed by atoms with Gasteiger partial charge in [-0.05, 0) is 81.7 Å². The lowest BCUT2D eigenvalue weighted by Crippen LogP contribution is -2.37. The number of nitrogens with one attached hydrogen (secondary N) is 1. The van der Waals surface area contributed by atoms with Crippen LogP contribution in [0.15, 0.2) is 99.1 Å². The Morgan fingerprint density at radius 2 is 1.91 bits per heavy atom. The number of likely N-dealkylation sites (tertiary alicyclic amines) is 1. The second kappa shape index (κ2) is 14.3. The Hall–Kier alpha value is -4.59. The van der Waals surface area contributed by atoms with Crippen LogP contribution in [0.2, 0.25) is 0 Å². The summed E-state index contributed by atoms with van der Waals surface area (Å²) in [5.74, 6) is 5.44. The van der Waals surface area contributed by atoms with Crippen LogP contribution in [0.4, 0.5) is 10.1 Å². The van der Waals surface area contributed by atoms with Crippen molar-refractivity contribution in [2.75, 3.05) is 30.7 Å². The van der Waals surface area contributed by atoms with Crippen molar-refractivity contribution in [2.45, 2.75) is 37.3 Å². The van der Waals surface area contributed by atoms with Crippen LogP contribution in [-0.2, 0) is 9.73 Å². The van der Waals surface area contributed by atoms with E-state index in [4.69, 9.17) is 4.42 Å². The zero-order chi connectivity index (χ0) is 30.9. The number of anilines is 1. The third-order valence-corrected chi connectivity index (χ3v) is 9.52. The molecule has 0 radical (unpaired) electrons. The zero-order valence-corrected chi connectivity index (χ0v) is 25.2. The summed E-state index contributed by atoms with van der Waals surface area (Å²) in [5, 5.41) is 2.80. The van der Waals surface area contributed by atoms with Crippen molar-refractivity contribution in [3.8, 4) is 11.8 Å². The molecule has 2 aromatic carbocycles. The van der Waals surface area contributed by atoms with Gasteiger partial charge in [-0.1, -0.05) is 36.1 Å². The molecule has 1 N–H and O–H groups in total. The van der Waals surface area contributed by atoms with Gasteiger partial charge < -0.3 is 14.6 Å². The minimum absolute atomic E-state index is 0.173. The second-order valence-corrected chi connectivity index (χ2v) is 13.0. The Labute approximate surface area is 256 Å². The fourth-order valence-corrected chi connectivity index (χ4v) is 6.87. The lowest BCUT2D eigenvalue weighted by molar-refractivity contribution is 0.0991. The highest BCUT2D eigenvalue weighted by atomic mass is 32.2. The van der Waals surface area contributed by atoms with Crippen LogP contribution in [0.5, 0.6) is 0 Å². The van der Waals surface area contributed by atoms with Crippen LogP contribution in [0.1, 0.15) is 56.9 Å². The SMILES string of the molecule is Cc1ccoc1C(=O)Nc1cccc(C#Cc2cncc(C(=O)N=[S@](=O)(CCCN3CCCC(F)C3)c3ccccc3)c2)c1. The molecular weight excluding hydrogens is 579 g/mol. The number of carbonyl (C=O) groups is 2. The summed E-state index contributed by atoms with van der Waals surface area (Å²) < 4.78 is 37.4. The van der Waals surface area contributed by atoms with E-state index in [-0.39, 0.29) is 23.0 Å². The molecule has 2 amide bonds. The molecule has 5 rings (SSSR count). The van der Waals surface area contributed by atoms with E-state index in [1.807, 2.05) is 11.0 Å². The number of aryl methyl sites for hydroxylation is 1. The molecule has 1 fully saturated rings.